The third kappa shape index (κ3) is 6.20. The fraction of sp³-hybridized carbons (Fsp3) is 0.308. The number of hydrogen-bond donors (Lipinski definition) is 2. The van der Waals surface area contributed by atoms with Crippen LogP contribution in [0, 0.1) is 5.92 Å². The van der Waals surface area contributed by atoms with E-state index in [9.17, 15) is 4.79 Å². The number of rotatable bonds is 9. The first-order valence-electron chi connectivity index (χ1n) is 12.2. The molecule has 2 N–H and O–H groups in total. The smallest absolute Gasteiger partial charge is 0.321 e. The largest absolute Gasteiger partial charge is 0.493 e. The molecule has 0 atom stereocenters. The summed E-state index contributed by atoms with van der Waals surface area (Å²) in [5.41, 5.74) is 2.50. The van der Waals surface area contributed by atoms with E-state index in [1.54, 1.807) is 24.8 Å². The summed E-state index contributed by atoms with van der Waals surface area (Å²) in [4.78, 5) is 35.2. The number of carbonyl (C=O) groups excluding carboxylic acids is 1. The van der Waals surface area contributed by atoms with Crippen molar-refractivity contribution in [1.82, 2.24) is 30.2 Å². The molecule has 9 nitrogen and oxygen atoms in total. The highest BCUT2D eigenvalue weighted by molar-refractivity contribution is 7.19. The van der Waals surface area contributed by atoms with Crippen molar-refractivity contribution in [1.29, 1.82) is 0 Å². The van der Waals surface area contributed by atoms with Crippen LogP contribution in [0.4, 0.5) is 9.93 Å². The molecule has 1 fully saturated rings. The molecule has 0 unspecified atom stereocenters. The van der Waals surface area contributed by atoms with E-state index in [-0.39, 0.29) is 6.03 Å². The lowest BCUT2D eigenvalue weighted by atomic mass is 9.86. The van der Waals surface area contributed by atoms with Crippen molar-refractivity contribution < 1.29 is 9.53 Å². The van der Waals surface area contributed by atoms with Gasteiger partial charge in [0.1, 0.15) is 11.4 Å². The molecule has 4 aromatic rings. The third-order valence-electron chi connectivity index (χ3n) is 5.96. The van der Waals surface area contributed by atoms with Crippen molar-refractivity contribution in [2.45, 2.75) is 32.6 Å². The van der Waals surface area contributed by atoms with Crippen molar-refractivity contribution >= 4 is 34.1 Å². The molecule has 1 aliphatic carbocycles. The summed E-state index contributed by atoms with van der Waals surface area (Å²) in [7, 11) is 0. The highest BCUT2D eigenvalue weighted by atomic mass is 35.5. The molecule has 0 saturated heterocycles. The summed E-state index contributed by atoms with van der Waals surface area (Å²) in [6.45, 7) is 3.28. The van der Waals surface area contributed by atoms with Crippen LogP contribution in [-0.4, -0.2) is 44.1 Å². The first-order valence-corrected chi connectivity index (χ1v) is 13.4. The number of thiazole rings is 1. The minimum Gasteiger partial charge on any atom is -0.493 e. The summed E-state index contributed by atoms with van der Waals surface area (Å²) >= 11 is 7.94. The van der Waals surface area contributed by atoms with Gasteiger partial charge >= 0.3 is 6.03 Å². The Morgan fingerprint density at radius 2 is 1.97 bits per heavy atom. The number of carbonyl (C=O) groups is 1. The summed E-state index contributed by atoms with van der Waals surface area (Å²) < 4.78 is 6.05. The number of aromatic nitrogens is 5. The Morgan fingerprint density at radius 3 is 2.73 bits per heavy atom. The van der Waals surface area contributed by atoms with Gasteiger partial charge in [0.25, 0.3) is 0 Å². The number of ether oxygens (including phenoxy) is 1. The van der Waals surface area contributed by atoms with Gasteiger partial charge in [-0.25, -0.2) is 24.7 Å². The lowest BCUT2D eigenvalue weighted by Gasteiger charge is -2.25. The van der Waals surface area contributed by atoms with Crippen LogP contribution in [0.1, 0.15) is 32.6 Å². The molecule has 0 radical (unpaired) electrons. The van der Waals surface area contributed by atoms with Crippen LogP contribution in [0.25, 0.3) is 33.3 Å². The lowest BCUT2D eigenvalue weighted by Crippen LogP contribution is -2.29. The van der Waals surface area contributed by atoms with Gasteiger partial charge in [-0.3, -0.25) is 10.3 Å². The van der Waals surface area contributed by atoms with E-state index in [4.69, 9.17) is 26.3 Å². The molecule has 3 aromatic heterocycles. The Hall–Kier alpha value is -3.63. The van der Waals surface area contributed by atoms with E-state index in [1.165, 1.54) is 30.6 Å². The van der Waals surface area contributed by atoms with Crippen LogP contribution in [0.3, 0.4) is 0 Å². The quantitative estimate of drug-likeness (QED) is 0.266. The minimum atomic E-state index is -0.295. The summed E-state index contributed by atoms with van der Waals surface area (Å²) in [6.07, 6.45) is 11.0. The van der Waals surface area contributed by atoms with Crippen molar-refractivity contribution in [3.8, 4) is 39.1 Å². The monoisotopic (exact) mass is 535 g/mol. The summed E-state index contributed by atoms with van der Waals surface area (Å²) in [5.74, 6) is 1.77. The topological polar surface area (TPSA) is 115 Å². The van der Waals surface area contributed by atoms with Crippen LogP contribution < -0.4 is 15.4 Å². The average molecular weight is 536 g/mol. The van der Waals surface area contributed by atoms with Crippen LogP contribution in [0.15, 0.2) is 49.1 Å². The van der Waals surface area contributed by atoms with Gasteiger partial charge in [-0.15, -0.1) is 0 Å². The number of urea groups is 1. The zero-order valence-electron chi connectivity index (χ0n) is 20.3. The number of hydrogen-bond acceptors (Lipinski definition) is 8. The Labute approximate surface area is 223 Å². The van der Waals surface area contributed by atoms with Gasteiger partial charge in [0.15, 0.2) is 11.0 Å². The fourth-order valence-corrected chi connectivity index (χ4v) is 4.72. The molecule has 3 heterocycles. The number of halogens is 1. The van der Waals surface area contributed by atoms with Crippen molar-refractivity contribution in [3.05, 3.63) is 54.1 Å². The predicted octanol–water partition coefficient (Wildman–Crippen LogP) is 6.09. The van der Waals surface area contributed by atoms with Crippen LogP contribution in [-0.2, 0) is 0 Å². The number of anilines is 1. The number of benzene rings is 1. The minimum absolute atomic E-state index is 0.295. The number of nitrogens with one attached hydrogen (secondary N) is 2. The van der Waals surface area contributed by atoms with Crippen molar-refractivity contribution in [2.75, 3.05) is 18.5 Å². The normalized spacial score (nSPS) is 13.1. The highest BCUT2D eigenvalue weighted by Gasteiger charge is 2.19. The summed E-state index contributed by atoms with van der Waals surface area (Å²) in [5, 5.41) is 6.55. The molecule has 0 bridgehead atoms. The van der Waals surface area contributed by atoms with Crippen LogP contribution >= 0.6 is 22.9 Å². The van der Waals surface area contributed by atoms with Gasteiger partial charge in [-0.2, -0.15) is 0 Å². The maximum Gasteiger partial charge on any atom is 0.321 e. The van der Waals surface area contributed by atoms with Gasteiger partial charge in [0.05, 0.1) is 34.1 Å². The Kier molecular flexibility index (Phi) is 7.86. The van der Waals surface area contributed by atoms with Gasteiger partial charge in [-0.05, 0) is 49.4 Å². The summed E-state index contributed by atoms with van der Waals surface area (Å²) in [6, 6.07) is 7.16. The molecule has 37 heavy (non-hydrogen) atoms. The Bertz CT molecular complexity index is 1380. The van der Waals surface area contributed by atoms with Crippen molar-refractivity contribution in [2.24, 2.45) is 5.92 Å². The first-order chi connectivity index (χ1) is 18.1. The molecular formula is C26H26ClN7O2S. The second kappa shape index (κ2) is 11.6. The maximum atomic E-state index is 12.1. The number of nitrogens with zero attached hydrogens (tertiary/aromatic N) is 5. The van der Waals surface area contributed by atoms with Gasteiger partial charge in [0, 0.05) is 30.7 Å². The number of amides is 2. The van der Waals surface area contributed by atoms with Crippen LogP contribution in [0.5, 0.6) is 5.75 Å². The Balaban J connectivity index is 1.49. The molecule has 5 rings (SSSR count). The fourth-order valence-electron chi connectivity index (χ4n) is 3.73. The van der Waals surface area contributed by atoms with Crippen molar-refractivity contribution in [3.63, 3.8) is 0 Å². The van der Waals surface area contributed by atoms with E-state index in [2.05, 4.69) is 25.6 Å². The van der Waals surface area contributed by atoms with E-state index in [0.717, 1.165) is 22.6 Å². The molecule has 2 amide bonds. The Morgan fingerprint density at radius 1 is 1.11 bits per heavy atom. The van der Waals surface area contributed by atoms with E-state index < -0.39 is 0 Å². The molecule has 0 spiro atoms. The zero-order chi connectivity index (χ0) is 25.6. The molecule has 1 saturated carbocycles. The van der Waals surface area contributed by atoms with Gasteiger partial charge in [-0.1, -0.05) is 36.3 Å². The molecule has 1 aliphatic rings. The van der Waals surface area contributed by atoms with Gasteiger partial charge in [0.2, 0.25) is 0 Å². The maximum absolute atomic E-state index is 12.1. The molecule has 190 valence electrons. The van der Waals surface area contributed by atoms with E-state index in [1.807, 2.05) is 31.2 Å². The van der Waals surface area contributed by atoms with Crippen LogP contribution in [0.2, 0.25) is 5.02 Å². The molecule has 1 aromatic carbocycles. The molecule has 0 aliphatic heterocycles. The lowest BCUT2D eigenvalue weighted by molar-refractivity contribution is 0.180. The second-order valence-corrected chi connectivity index (χ2v) is 10.2. The van der Waals surface area contributed by atoms with E-state index >= 15 is 0 Å². The molecule has 11 heteroatoms. The second-order valence-electron chi connectivity index (χ2n) is 8.71. The van der Waals surface area contributed by atoms with E-state index in [0.29, 0.717) is 52.1 Å². The predicted molar refractivity (Wildman–Crippen MR) is 145 cm³/mol. The standard InChI is InChI=1S/C26H26ClN7O2S/c1-2-8-30-25(35)34-26-31-14-23(37-26)21-12-20(32-24(33-21)22-13-28-9-10-29-22)18-11-17(6-7-19(18)27)36-15-16-4-3-5-16/h6-7,9-14,16H,2-5,8,15H2,1H3,(H2,30,31,34,35). The van der Waals surface area contributed by atoms with Gasteiger partial charge < -0.3 is 10.1 Å². The highest BCUT2D eigenvalue weighted by Crippen LogP contribution is 2.36. The zero-order valence-corrected chi connectivity index (χ0v) is 21.8. The molecular weight excluding hydrogens is 510 g/mol. The average Bonchev–Trinajstić information content (AvgIpc) is 3.36. The third-order valence-corrected chi connectivity index (χ3v) is 7.22. The first kappa shape index (κ1) is 25.0. The SMILES string of the molecule is CCCNC(=O)Nc1ncc(-c2cc(-c3cc(OCC4CCC4)ccc3Cl)nc(-c3cnccn3)n2)s1.